The molecule has 0 saturated heterocycles. The van der Waals surface area contributed by atoms with E-state index in [1.54, 1.807) is 36.4 Å². The van der Waals surface area contributed by atoms with Gasteiger partial charge in [-0.3, -0.25) is 4.79 Å². The fraction of sp³-hybridized carbons (Fsp3) is 0.0667. The van der Waals surface area contributed by atoms with Crippen molar-refractivity contribution in [3.8, 4) is 11.8 Å². The lowest BCUT2D eigenvalue weighted by Crippen LogP contribution is -2.15. The van der Waals surface area contributed by atoms with Crippen LogP contribution in [0.4, 0.5) is 5.69 Å². The van der Waals surface area contributed by atoms with E-state index in [9.17, 15) is 9.90 Å². The first-order valence-electron chi connectivity index (χ1n) is 5.86. The summed E-state index contributed by atoms with van der Waals surface area (Å²) in [5.74, 6) is -0.119. The number of nitrogens with one attached hydrogen (secondary N) is 1. The molecule has 5 heteroatoms. The van der Waals surface area contributed by atoms with Crippen LogP contribution in [-0.4, -0.2) is 11.0 Å². The summed E-state index contributed by atoms with van der Waals surface area (Å²) < 4.78 is 0.778. The predicted octanol–water partition coefficient (Wildman–Crippen LogP) is 3.21. The molecule has 0 aliphatic carbocycles. The van der Waals surface area contributed by atoms with Gasteiger partial charge < -0.3 is 10.4 Å². The number of carbonyl (C=O) groups is 1. The number of anilines is 1. The Morgan fingerprint density at radius 3 is 2.80 bits per heavy atom. The van der Waals surface area contributed by atoms with Crippen molar-refractivity contribution >= 4 is 27.5 Å². The lowest BCUT2D eigenvalue weighted by molar-refractivity contribution is -0.115. The van der Waals surface area contributed by atoms with Gasteiger partial charge in [0.05, 0.1) is 17.7 Å². The average Bonchev–Trinajstić information content (AvgIpc) is 2.40. The van der Waals surface area contributed by atoms with E-state index in [1.807, 2.05) is 6.07 Å². The molecule has 0 spiro atoms. The summed E-state index contributed by atoms with van der Waals surface area (Å²) in [6.07, 6.45) is 0.134. The molecule has 4 nitrogen and oxygen atoms in total. The smallest absolute Gasteiger partial charge is 0.228 e. The molecule has 0 aromatic heterocycles. The first-order valence-corrected chi connectivity index (χ1v) is 6.65. The van der Waals surface area contributed by atoms with E-state index < -0.39 is 0 Å². The molecule has 20 heavy (non-hydrogen) atoms. The minimum Gasteiger partial charge on any atom is -0.508 e. The van der Waals surface area contributed by atoms with Gasteiger partial charge in [0.15, 0.2) is 0 Å². The van der Waals surface area contributed by atoms with Crippen molar-refractivity contribution in [2.24, 2.45) is 0 Å². The molecule has 0 aliphatic rings. The molecule has 0 saturated carbocycles. The summed E-state index contributed by atoms with van der Waals surface area (Å²) in [6, 6.07) is 13.6. The van der Waals surface area contributed by atoms with Crippen LogP contribution >= 0.6 is 15.9 Å². The van der Waals surface area contributed by atoms with Gasteiger partial charge in [-0.05, 0) is 35.9 Å². The third-order valence-corrected chi connectivity index (χ3v) is 3.14. The Labute approximate surface area is 124 Å². The molecule has 2 rings (SSSR count). The highest BCUT2D eigenvalue weighted by Crippen LogP contribution is 2.20. The molecule has 0 atom stereocenters. The Hall–Kier alpha value is -2.32. The fourth-order valence-electron chi connectivity index (χ4n) is 1.76. The summed E-state index contributed by atoms with van der Waals surface area (Å²) in [7, 11) is 0. The monoisotopic (exact) mass is 330 g/mol. The normalized spacial score (nSPS) is 9.80. The first kappa shape index (κ1) is 14.1. The molecule has 1 amide bonds. The summed E-state index contributed by atoms with van der Waals surface area (Å²) in [5.41, 5.74) is 1.57. The van der Waals surface area contributed by atoms with E-state index in [1.165, 1.54) is 6.07 Å². The molecular formula is C15H11BrN2O2. The fourth-order valence-corrected chi connectivity index (χ4v) is 2.13. The van der Waals surface area contributed by atoms with Crippen LogP contribution in [0.25, 0.3) is 0 Å². The predicted molar refractivity (Wildman–Crippen MR) is 79.3 cm³/mol. The average molecular weight is 331 g/mol. The van der Waals surface area contributed by atoms with E-state index in [-0.39, 0.29) is 18.1 Å². The van der Waals surface area contributed by atoms with Crippen LogP contribution in [0.2, 0.25) is 0 Å². The van der Waals surface area contributed by atoms with Gasteiger partial charge in [-0.15, -0.1) is 0 Å². The standard InChI is InChI=1S/C15H11BrN2O2/c16-12-4-5-14(11(8-12)9-17)18-15(20)7-10-2-1-3-13(19)6-10/h1-6,8,19H,7H2,(H,18,20). The molecule has 2 aromatic carbocycles. The largest absolute Gasteiger partial charge is 0.508 e. The number of nitrogens with zero attached hydrogens (tertiary/aromatic N) is 1. The number of aromatic hydroxyl groups is 1. The van der Waals surface area contributed by atoms with Crippen molar-refractivity contribution in [1.29, 1.82) is 5.26 Å². The Balaban J connectivity index is 2.11. The van der Waals surface area contributed by atoms with Crippen LogP contribution in [0.15, 0.2) is 46.9 Å². The number of phenols is 1. The zero-order valence-corrected chi connectivity index (χ0v) is 12.0. The lowest BCUT2D eigenvalue weighted by atomic mass is 10.1. The molecule has 0 bridgehead atoms. The Morgan fingerprint density at radius 2 is 2.10 bits per heavy atom. The Kier molecular flexibility index (Phi) is 4.38. The maximum atomic E-state index is 11.9. The number of amides is 1. The van der Waals surface area contributed by atoms with Gasteiger partial charge >= 0.3 is 0 Å². The molecule has 0 aliphatic heterocycles. The number of hydrogen-bond acceptors (Lipinski definition) is 3. The van der Waals surface area contributed by atoms with Crippen LogP contribution in [0.3, 0.4) is 0 Å². The molecule has 100 valence electrons. The molecule has 0 unspecified atom stereocenters. The van der Waals surface area contributed by atoms with Crippen molar-refractivity contribution in [1.82, 2.24) is 0 Å². The van der Waals surface area contributed by atoms with Gasteiger partial charge in [0, 0.05) is 4.47 Å². The number of phenolic OH excluding ortho intramolecular Hbond substituents is 1. The van der Waals surface area contributed by atoms with Gasteiger partial charge in [-0.25, -0.2) is 0 Å². The zero-order valence-electron chi connectivity index (χ0n) is 10.4. The lowest BCUT2D eigenvalue weighted by Gasteiger charge is -2.07. The number of benzene rings is 2. The van der Waals surface area contributed by atoms with E-state index in [4.69, 9.17) is 5.26 Å². The van der Waals surface area contributed by atoms with Gasteiger partial charge in [0.25, 0.3) is 0 Å². The topological polar surface area (TPSA) is 73.1 Å². The number of hydrogen-bond donors (Lipinski definition) is 2. The maximum Gasteiger partial charge on any atom is 0.228 e. The maximum absolute atomic E-state index is 11.9. The summed E-state index contributed by atoms with van der Waals surface area (Å²) in [4.78, 5) is 11.9. The van der Waals surface area contributed by atoms with Crippen LogP contribution in [0, 0.1) is 11.3 Å². The highest BCUT2D eigenvalue weighted by atomic mass is 79.9. The van der Waals surface area contributed by atoms with E-state index in [0.29, 0.717) is 16.8 Å². The van der Waals surface area contributed by atoms with E-state index in [2.05, 4.69) is 21.2 Å². The minimum absolute atomic E-state index is 0.122. The summed E-state index contributed by atoms with van der Waals surface area (Å²) in [5, 5.41) is 21.1. The highest BCUT2D eigenvalue weighted by molar-refractivity contribution is 9.10. The summed E-state index contributed by atoms with van der Waals surface area (Å²) in [6.45, 7) is 0. The van der Waals surface area contributed by atoms with Crippen molar-refractivity contribution < 1.29 is 9.90 Å². The van der Waals surface area contributed by atoms with Crippen molar-refractivity contribution in [3.63, 3.8) is 0 Å². The number of carbonyl (C=O) groups excluding carboxylic acids is 1. The molecule has 0 heterocycles. The first-order chi connectivity index (χ1) is 9.58. The van der Waals surface area contributed by atoms with Crippen LogP contribution in [0.5, 0.6) is 5.75 Å². The van der Waals surface area contributed by atoms with Crippen molar-refractivity contribution in [3.05, 3.63) is 58.1 Å². The van der Waals surface area contributed by atoms with Gasteiger partial charge in [0.2, 0.25) is 5.91 Å². The third kappa shape index (κ3) is 3.59. The quantitative estimate of drug-likeness (QED) is 0.907. The second-order valence-corrected chi connectivity index (χ2v) is 5.11. The number of nitriles is 1. The van der Waals surface area contributed by atoms with E-state index in [0.717, 1.165) is 4.47 Å². The number of halogens is 1. The molecular weight excluding hydrogens is 320 g/mol. The molecule has 0 fully saturated rings. The second-order valence-electron chi connectivity index (χ2n) is 4.20. The zero-order chi connectivity index (χ0) is 14.5. The number of rotatable bonds is 3. The SMILES string of the molecule is N#Cc1cc(Br)ccc1NC(=O)Cc1cccc(O)c1. The third-order valence-electron chi connectivity index (χ3n) is 2.65. The Morgan fingerprint density at radius 1 is 1.30 bits per heavy atom. The van der Waals surface area contributed by atoms with Crippen molar-refractivity contribution in [2.75, 3.05) is 5.32 Å². The van der Waals surface area contributed by atoms with Gasteiger partial charge in [-0.1, -0.05) is 28.1 Å². The minimum atomic E-state index is -0.241. The highest BCUT2D eigenvalue weighted by Gasteiger charge is 2.08. The molecule has 0 radical (unpaired) electrons. The van der Waals surface area contributed by atoms with Crippen LogP contribution in [0.1, 0.15) is 11.1 Å². The van der Waals surface area contributed by atoms with Gasteiger partial charge in [0.1, 0.15) is 11.8 Å². The second kappa shape index (κ2) is 6.22. The molecule has 2 aromatic rings. The van der Waals surface area contributed by atoms with Gasteiger partial charge in [-0.2, -0.15) is 5.26 Å². The van der Waals surface area contributed by atoms with Crippen LogP contribution in [-0.2, 0) is 11.2 Å². The van der Waals surface area contributed by atoms with Crippen LogP contribution < -0.4 is 5.32 Å². The Bertz CT molecular complexity index is 693. The molecule has 2 N–H and O–H groups in total. The summed E-state index contributed by atoms with van der Waals surface area (Å²) >= 11 is 3.27. The van der Waals surface area contributed by atoms with Crippen molar-refractivity contribution in [2.45, 2.75) is 6.42 Å². The van der Waals surface area contributed by atoms with E-state index >= 15 is 0 Å².